The quantitative estimate of drug-likeness (QED) is 0.755. The number of rotatable bonds is 1. The van der Waals surface area contributed by atoms with E-state index in [0.29, 0.717) is 0 Å². The van der Waals surface area contributed by atoms with Crippen LogP contribution in [0, 0.1) is 0 Å². The molecule has 0 atom stereocenters. The Hall–Kier alpha value is -2.10. The van der Waals surface area contributed by atoms with Crippen molar-refractivity contribution in [1.29, 1.82) is 0 Å². The molecule has 4 heteroatoms. The molecule has 1 aromatic carbocycles. The summed E-state index contributed by atoms with van der Waals surface area (Å²) in [6, 6.07) is 10.1. The summed E-state index contributed by atoms with van der Waals surface area (Å²) in [5.41, 5.74) is 2.01. The van der Waals surface area contributed by atoms with E-state index in [1.807, 2.05) is 18.2 Å². The summed E-state index contributed by atoms with van der Waals surface area (Å²) >= 11 is 0. The highest BCUT2D eigenvalue weighted by atomic mass is 15.2. The van der Waals surface area contributed by atoms with Gasteiger partial charge in [-0.2, -0.15) is 0 Å². The number of benzene rings is 1. The molecule has 0 saturated heterocycles. The highest BCUT2D eigenvalue weighted by Gasteiger charge is 2.04. The van der Waals surface area contributed by atoms with Gasteiger partial charge < -0.3 is 10.6 Å². The van der Waals surface area contributed by atoms with E-state index in [1.165, 1.54) is 0 Å². The van der Waals surface area contributed by atoms with Crippen LogP contribution in [0.1, 0.15) is 0 Å². The van der Waals surface area contributed by atoms with Gasteiger partial charge in [-0.1, -0.05) is 12.1 Å². The minimum absolute atomic E-state index is 0.841. The van der Waals surface area contributed by atoms with E-state index in [2.05, 4.69) is 32.7 Å². The van der Waals surface area contributed by atoms with Crippen LogP contribution in [0.15, 0.2) is 41.5 Å². The minimum atomic E-state index is 0.841. The van der Waals surface area contributed by atoms with Crippen molar-refractivity contribution in [1.82, 2.24) is 10.3 Å². The van der Waals surface area contributed by atoms with E-state index in [-0.39, 0.29) is 0 Å². The molecule has 16 heavy (non-hydrogen) atoms. The number of fused-ring (bicyclic) bond motifs is 1. The molecule has 2 N–H and O–H groups in total. The smallest absolute Gasteiger partial charge is 0.195 e. The molecule has 1 aromatic heterocycles. The molecule has 0 radical (unpaired) electrons. The Morgan fingerprint density at radius 3 is 3.12 bits per heavy atom. The summed E-state index contributed by atoms with van der Waals surface area (Å²) in [7, 11) is 0. The first-order valence-electron chi connectivity index (χ1n) is 5.32. The molecule has 0 aliphatic carbocycles. The number of nitrogens with zero attached hydrogens (tertiary/aromatic N) is 2. The highest BCUT2D eigenvalue weighted by Crippen LogP contribution is 2.16. The summed E-state index contributed by atoms with van der Waals surface area (Å²) in [5, 5.41) is 7.55. The van der Waals surface area contributed by atoms with Crippen molar-refractivity contribution < 1.29 is 0 Å². The molecule has 0 fully saturated rings. The molecule has 80 valence electrons. The Morgan fingerprint density at radius 1 is 1.25 bits per heavy atom. The van der Waals surface area contributed by atoms with E-state index in [9.17, 15) is 0 Å². The standard InChI is InChI=1S/C12H12N4/c1-2-9-3-4-10(8-11(9)13-5-1)16-12-14-6-7-15-12/h1-5,8H,6-7H2,(H2,14,15,16). The van der Waals surface area contributed by atoms with Crippen molar-refractivity contribution in [3.8, 4) is 0 Å². The summed E-state index contributed by atoms with van der Waals surface area (Å²) in [4.78, 5) is 8.60. The third-order valence-electron chi connectivity index (χ3n) is 2.54. The number of anilines is 1. The topological polar surface area (TPSA) is 49.3 Å². The number of guanidine groups is 1. The fourth-order valence-corrected chi connectivity index (χ4v) is 1.76. The maximum absolute atomic E-state index is 4.32. The minimum Gasteiger partial charge on any atom is -0.354 e. The number of nitrogens with one attached hydrogen (secondary N) is 2. The fraction of sp³-hybridized carbons (Fsp3) is 0.167. The number of pyridine rings is 1. The second-order valence-electron chi connectivity index (χ2n) is 3.69. The predicted molar refractivity (Wildman–Crippen MR) is 65.7 cm³/mol. The summed E-state index contributed by atoms with van der Waals surface area (Å²) in [6.07, 6.45) is 1.80. The van der Waals surface area contributed by atoms with Crippen LogP contribution in [0.5, 0.6) is 0 Å². The van der Waals surface area contributed by atoms with Gasteiger partial charge in [0.2, 0.25) is 0 Å². The Labute approximate surface area is 93.4 Å². The maximum atomic E-state index is 4.32. The van der Waals surface area contributed by atoms with Gasteiger partial charge in [0.25, 0.3) is 0 Å². The maximum Gasteiger partial charge on any atom is 0.195 e. The molecule has 0 spiro atoms. The van der Waals surface area contributed by atoms with Crippen LogP contribution in [0.3, 0.4) is 0 Å². The van der Waals surface area contributed by atoms with Crippen molar-refractivity contribution in [2.24, 2.45) is 4.99 Å². The lowest BCUT2D eigenvalue weighted by atomic mass is 10.2. The zero-order chi connectivity index (χ0) is 10.8. The summed E-state index contributed by atoms with van der Waals surface area (Å²) in [6.45, 7) is 1.75. The van der Waals surface area contributed by atoms with Crippen LogP contribution in [-0.4, -0.2) is 24.0 Å². The molecule has 4 nitrogen and oxygen atoms in total. The zero-order valence-corrected chi connectivity index (χ0v) is 8.77. The lowest BCUT2D eigenvalue weighted by Gasteiger charge is -2.06. The third-order valence-corrected chi connectivity index (χ3v) is 2.54. The Morgan fingerprint density at radius 2 is 2.25 bits per heavy atom. The number of hydrogen-bond acceptors (Lipinski definition) is 4. The van der Waals surface area contributed by atoms with Crippen LogP contribution in [0.2, 0.25) is 0 Å². The molecular formula is C12H12N4. The molecule has 2 heterocycles. The van der Waals surface area contributed by atoms with Crippen LogP contribution in [0.4, 0.5) is 5.69 Å². The van der Waals surface area contributed by atoms with E-state index >= 15 is 0 Å². The van der Waals surface area contributed by atoms with E-state index < -0.39 is 0 Å². The molecule has 2 aromatic rings. The van der Waals surface area contributed by atoms with Crippen molar-refractivity contribution in [2.75, 3.05) is 18.4 Å². The van der Waals surface area contributed by atoms with Gasteiger partial charge in [0, 0.05) is 23.8 Å². The molecule has 1 aliphatic heterocycles. The normalized spacial score (nSPS) is 14.6. The Balaban J connectivity index is 1.92. The average molecular weight is 212 g/mol. The number of aromatic nitrogens is 1. The van der Waals surface area contributed by atoms with Crippen molar-refractivity contribution >= 4 is 22.5 Å². The SMILES string of the molecule is c1cnc2cc(NC3=NCCN3)ccc2c1. The average Bonchev–Trinajstić information content (AvgIpc) is 2.82. The Kier molecular flexibility index (Phi) is 2.18. The van der Waals surface area contributed by atoms with Gasteiger partial charge in [0.05, 0.1) is 12.1 Å². The van der Waals surface area contributed by atoms with Gasteiger partial charge in [0.15, 0.2) is 5.96 Å². The van der Waals surface area contributed by atoms with Gasteiger partial charge in [0.1, 0.15) is 0 Å². The van der Waals surface area contributed by atoms with Crippen LogP contribution in [-0.2, 0) is 0 Å². The van der Waals surface area contributed by atoms with Crippen molar-refractivity contribution in [3.05, 3.63) is 36.5 Å². The molecule has 0 unspecified atom stereocenters. The molecule has 0 saturated carbocycles. The summed E-state index contributed by atoms with van der Waals surface area (Å²) in [5.74, 6) is 0.843. The molecule has 0 bridgehead atoms. The number of aliphatic imine (C=N–C) groups is 1. The predicted octanol–water partition coefficient (Wildman–Crippen LogP) is 1.61. The van der Waals surface area contributed by atoms with Gasteiger partial charge in [-0.05, 0) is 18.2 Å². The van der Waals surface area contributed by atoms with Crippen molar-refractivity contribution in [3.63, 3.8) is 0 Å². The molecular weight excluding hydrogens is 200 g/mol. The first kappa shape index (κ1) is 9.15. The first-order valence-corrected chi connectivity index (χ1v) is 5.32. The van der Waals surface area contributed by atoms with E-state index in [4.69, 9.17) is 0 Å². The lowest BCUT2D eigenvalue weighted by Crippen LogP contribution is -2.26. The summed E-state index contributed by atoms with van der Waals surface area (Å²) < 4.78 is 0. The fourth-order valence-electron chi connectivity index (χ4n) is 1.76. The van der Waals surface area contributed by atoms with E-state index in [0.717, 1.165) is 35.6 Å². The van der Waals surface area contributed by atoms with Gasteiger partial charge in [-0.25, -0.2) is 0 Å². The molecule has 0 amide bonds. The lowest BCUT2D eigenvalue weighted by molar-refractivity contribution is 0.959. The monoisotopic (exact) mass is 212 g/mol. The third kappa shape index (κ3) is 1.69. The van der Waals surface area contributed by atoms with Crippen molar-refractivity contribution in [2.45, 2.75) is 0 Å². The molecule has 1 aliphatic rings. The van der Waals surface area contributed by atoms with Gasteiger partial charge >= 0.3 is 0 Å². The molecule has 3 rings (SSSR count). The first-order chi connectivity index (χ1) is 7.92. The van der Waals surface area contributed by atoms with Gasteiger partial charge in [-0.3, -0.25) is 9.98 Å². The van der Waals surface area contributed by atoms with Crippen LogP contribution in [0.25, 0.3) is 10.9 Å². The van der Waals surface area contributed by atoms with E-state index in [1.54, 1.807) is 6.20 Å². The second-order valence-corrected chi connectivity index (χ2v) is 3.69. The second kappa shape index (κ2) is 3.81. The van der Waals surface area contributed by atoms with Crippen LogP contribution < -0.4 is 10.6 Å². The van der Waals surface area contributed by atoms with Gasteiger partial charge in [-0.15, -0.1) is 0 Å². The Bertz CT molecular complexity index is 547. The highest BCUT2D eigenvalue weighted by molar-refractivity contribution is 5.96. The number of hydrogen-bond donors (Lipinski definition) is 2. The zero-order valence-electron chi connectivity index (χ0n) is 8.77. The largest absolute Gasteiger partial charge is 0.354 e. The van der Waals surface area contributed by atoms with Crippen LogP contribution >= 0.6 is 0 Å².